The minimum Gasteiger partial charge on any atom is -0.497 e. The van der Waals surface area contributed by atoms with Crippen molar-refractivity contribution < 1.29 is 22.7 Å². The topological polar surface area (TPSA) is 130 Å². The molecule has 4 aromatic rings. The standard InChI is InChI=1S/C36H41N7O5S/c1-40(2)49(46,47)39-35(44)25-9-11-30-31(21-25)43-23-27(36(45)42-17-15-41(16-18-42)32-22-37-13-14-38-32)19-26-20-28(48-3)10-12-29(26)34(43)33(30)24-7-5-4-6-8-24/h9-14,19-22,24H,4-8,15-18,23H2,1-3H3,(H,39,44). The lowest BCUT2D eigenvalue weighted by atomic mass is 9.81. The van der Waals surface area contributed by atoms with Gasteiger partial charge in [-0.1, -0.05) is 25.3 Å². The molecule has 1 N–H and O–H groups in total. The SMILES string of the molecule is COc1ccc2c(c1)C=C(C(=O)N1CCN(c3cnccn3)CC1)Cn1c-2c(C2CCCCC2)c2ccc(C(=O)NS(=O)(=O)N(C)C)cc21. The molecule has 2 amide bonds. The summed E-state index contributed by atoms with van der Waals surface area (Å²) in [5, 5.41) is 1.02. The maximum atomic E-state index is 14.4. The first kappa shape index (κ1) is 32.8. The van der Waals surface area contributed by atoms with Gasteiger partial charge in [0.05, 0.1) is 25.5 Å². The van der Waals surface area contributed by atoms with E-state index in [0.29, 0.717) is 50.0 Å². The molecular formula is C36H41N7O5S. The molecule has 1 saturated heterocycles. The second kappa shape index (κ2) is 13.3. The summed E-state index contributed by atoms with van der Waals surface area (Å²) in [6, 6.07) is 11.4. The number of hydrogen-bond acceptors (Lipinski definition) is 8. The predicted octanol–water partition coefficient (Wildman–Crippen LogP) is 4.44. The van der Waals surface area contributed by atoms with Gasteiger partial charge in [-0.15, -0.1) is 0 Å². The lowest BCUT2D eigenvalue weighted by Crippen LogP contribution is -2.49. The fourth-order valence-electron chi connectivity index (χ4n) is 7.38. The van der Waals surface area contributed by atoms with E-state index in [2.05, 4.69) is 30.2 Å². The van der Waals surface area contributed by atoms with Gasteiger partial charge in [0.25, 0.3) is 11.8 Å². The summed E-state index contributed by atoms with van der Waals surface area (Å²) >= 11 is 0. The normalized spacial score (nSPS) is 16.9. The Morgan fingerprint density at radius 2 is 1.76 bits per heavy atom. The van der Waals surface area contributed by atoms with Crippen molar-refractivity contribution in [2.75, 3.05) is 52.3 Å². The van der Waals surface area contributed by atoms with Crippen LogP contribution in [0.1, 0.15) is 59.5 Å². The quantitative estimate of drug-likeness (QED) is 0.303. The summed E-state index contributed by atoms with van der Waals surface area (Å²) in [5.74, 6) is 1.04. The monoisotopic (exact) mass is 683 g/mol. The number of carbonyl (C=O) groups excluding carboxylic acids is 2. The zero-order valence-corrected chi connectivity index (χ0v) is 28.9. The smallest absolute Gasteiger partial charge is 0.303 e. The highest BCUT2D eigenvalue weighted by atomic mass is 32.2. The Morgan fingerprint density at radius 1 is 0.980 bits per heavy atom. The molecule has 1 saturated carbocycles. The average Bonchev–Trinajstić information content (AvgIpc) is 3.34. The van der Waals surface area contributed by atoms with Crippen LogP contribution < -0.4 is 14.4 Å². The minimum absolute atomic E-state index is 0.0487. The molecule has 2 fully saturated rings. The van der Waals surface area contributed by atoms with Gasteiger partial charge in [0.1, 0.15) is 11.6 Å². The first-order chi connectivity index (χ1) is 23.6. The third-order valence-electron chi connectivity index (χ3n) is 9.97. The Labute approximate surface area is 286 Å². The number of aromatic nitrogens is 3. The van der Waals surface area contributed by atoms with E-state index in [1.807, 2.05) is 29.2 Å². The highest BCUT2D eigenvalue weighted by Gasteiger charge is 2.32. The lowest BCUT2D eigenvalue weighted by molar-refractivity contribution is -0.127. The Balaban J connectivity index is 1.33. The van der Waals surface area contributed by atoms with Crippen molar-refractivity contribution in [2.24, 2.45) is 0 Å². The maximum Gasteiger partial charge on any atom is 0.303 e. The number of amides is 2. The van der Waals surface area contributed by atoms with E-state index in [9.17, 15) is 18.0 Å². The van der Waals surface area contributed by atoms with Crippen molar-refractivity contribution in [2.45, 2.75) is 44.6 Å². The van der Waals surface area contributed by atoms with Crippen LogP contribution in [-0.2, 0) is 21.5 Å². The number of anilines is 1. The van der Waals surface area contributed by atoms with Crippen LogP contribution in [0.3, 0.4) is 0 Å². The summed E-state index contributed by atoms with van der Waals surface area (Å²) in [6.45, 7) is 2.64. The number of piperazine rings is 1. The Kier molecular flexibility index (Phi) is 8.88. The van der Waals surface area contributed by atoms with Gasteiger partial charge in [-0.05, 0) is 66.3 Å². The molecule has 1 aliphatic carbocycles. The van der Waals surface area contributed by atoms with E-state index < -0.39 is 16.1 Å². The van der Waals surface area contributed by atoms with Gasteiger partial charge in [-0.2, -0.15) is 12.7 Å². The van der Waals surface area contributed by atoms with Crippen molar-refractivity contribution in [1.82, 2.24) is 28.5 Å². The van der Waals surface area contributed by atoms with Crippen molar-refractivity contribution in [3.05, 3.63) is 77.3 Å². The lowest BCUT2D eigenvalue weighted by Gasteiger charge is -2.35. The highest BCUT2D eigenvalue weighted by Crippen LogP contribution is 2.47. The van der Waals surface area contributed by atoms with E-state index in [1.165, 1.54) is 26.1 Å². The second-order valence-corrected chi connectivity index (χ2v) is 15.0. The number of hydrogen-bond donors (Lipinski definition) is 1. The molecule has 0 unspecified atom stereocenters. The fraction of sp³-hybridized carbons (Fsp3) is 0.389. The van der Waals surface area contributed by atoms with Crippen molar-refractivity contribution in [1.29, 1.82) is 0 Å². The molecule has 2 aromatic carbocycles. The van der Waals surface area contributed by atoms with Gasteiger partial charge in [0.2, 0.25) is 0 Å². The third-order valence-corrected chi connectivity index (χ3v) is 11.4. The van der Waals surface area contributed by atoms with Crippen LogP contribution in [0.25, 0.3) is 28.2 Å². The summed E-state index contributed by atoms with van der Waals surface area (Å²) < 4.78 is 36.0. The molecule has 256 valence electrons. The zero-order valence-electron chi connectivity index (χ0n) is 28.1. The number of nitrogens with one attached hydrogen (secondary N) is 1. The maximum absolute atomic E-state index is 14.4. The van der Waals surface area contributed by atoms with Crippen LogP contribution >= 0.6 is 0 Å². The van der Waals surface area contributed by atoms with Gasteiger partial charge in [0, 0.05) is 80.3 Å². The molecule has 4 heterocycles. The molecule has 0 atom stereocenters. The van der Waals surface area contributed by atoms with Gasteiger partial charge in [-0.25, -0.2) is 9.71 Å². The van der Waals surface area contributed by atoms with E-state index in [4.69, 9.17) is 4.74 Å². The molecule has 49 heavy (non-hydrogen) atoms. The molecular weight excluding hydrogens is 643 g/mol. The molecule has 2 aliphatic heterocycles. The number of benzene rings is 2. The van der Waals surface area contributed by atoms with E-state index in [0.717, 1.165) is 63.5 Å². The van der Waals surface area contributed by atoms with Crippen LogP contribution in [0.5, 0.6) is 5.75 Å². The van der Waals surface area contributed by atoms with Gasteiger partial charge < -0.3 is 19.1 Å². The van der Waals surface area contributed by atoms with E-state index in [-0.39, 0.29) is 11.5 Å². The predicted molar refractivity (Wildman–Crippen MR) is 189 cm³/mol. The van der Waals surface area contributed by atoms with Crippen LogP contribution in [0, 0.1) is 0 Å². The van der Waals surface area contributed by atoms with Gasteiger partial charge in [-0.3, -0.25) is 14.6 Å². The number of rotatable bonds is 7. The third kappa shape index (κ3) is 6.28. The van der Waals surface area contributed by atoms with Crippen LogP contribution in [-0.4, -0.2) is 91.4 Å². The molecule has 0 bridgehead atoms. The van der Waals surface area contributed by atoms with Crippen LogP contribution in [0.15, 0.2) is 60.6 Å². The summed E-state index contributed by atoms with van der Waals surface area (Å²) in [7, 11) is 0.388. The van der Waals surface area contributed by atoms with Gasteiger partial charge >= 0.3 is 10.2 Å². The fourth-order valence-corrected chi connectivity index (χ4v) is 7.91. The number of nitrogens with zero attached hydrogens (tertiary/aromatic N) is 6. The molecule has 12 nitrogen and oxygen atoms in total. The Morgan fingerprint density at radius 3 is 2.45 bits per heavy atom. The van der Waals surface area contributed by atoms with Crippen molar-refractivity contribution in [3.63, 3.8) is 0 Å². The zero-order chi connectivity index (χ0) is 34.3. The molecule has 0 spiro atoms. The number of fused-ring (bicyclic) bond motifs is 5. The second-order valence-electron chi connectivity index (χ2n) is 13.1. The summed E-state index contributed by atoms with van der Waals surface area (Å²) in [6.07, 6.45) is 12.6. The number of ether oxygens (including phenoxy) is 1. The van der Waals surface area contributed by atoms with Crippen LogP contribution in [0.2, 0.25) is 0 Å². The average molecular weight is 684 g/mol. The van der Waals surface area contributed by atoms with Crippen molar-refractivity contribution in [3.8, 4) is 17.0 Å². The van der Waals surface area contributed by atoms with Gasteiger partial charge in [0.15, 0.2) is 0 Å². The minimum atomic E-state index is -3.99. The molecule has 3 aliphatic rings. The van der Waals surface area contributed by atoms with Crippen molar-refractivity contribution >= 4 is 44.8 Å². The number of methoxy groups -OCH3 is 1. The molecule has 2 aromatic heterocycles. The van der Waals surface area contributed by atoms with E-state index >= 15 is 0 Å². The molecule has 0 radical (unpaired) electrons. The molecule has 7 rings (SSSR count). The largest absolute Gasteiger partial charge is 0.497 e. The Bertz CT molecular complexity index is 2040. The number of carbonyl (C=O) groups is 2. The highest BCUT2D eigenvalue weighted by molar-refractivity contribution is 7.87. The summed E-state index contributed by atoms with van der Waals surface area (Å²) in [4.78, 5) is 40.3. The first-order valence-electron chi connectivity index (χ1n) is 16.7. The molecule has 13 heteroatoms. The van der Waals surface area contributed by atoms with E-state index in [1.54, 1.807) is 37.8 Å². The Hall–Kier alpha value is -4.75. The first-order valence-corrected chi connectivity index (χ1v) is 18.2. The summed E-state index contributed by atoms with van der Waals surface area (Å²) in [5.41, 5.74) is 5.78. The van der Waals surface area contributed by atoms with Crippen LogP contribution in [0.4, 0.5) is 5.82 Å².